The second-order valence-electron chi connectivity index (χ2n) is 4.46. The number of carbonyl (C=O) groups is 1. The average molecular weight is 354 g/mol. The number of carbonyl (C=O) groups excluding carboxylic acids is 1. The van der Waals surface area contributed by atoms with Crippen molar-refractivity contribution in [3.05, 3.63) is 12.2 Å². The van der Waals surface area contributed by atoms with Crippen molar-refractivity contribution in [2.45, 2.75) is 39.2 Å². The van der Waals surface area contributed by atoms with Crippen molar-refractivity contribution in [3.8, 4) is 0 Å². The molecule has 0 aliphatic heterocycles. The summed E-state index contributed by atoms with van der Waals surface area (Å²) < 4.78 is 25.6. The second kappa shape index (κ2) is 12.6. The third-order valence-corrected chi connectivity index (χ3v) is 4.31. The SMILES string of the molecule is C=C(C)C(=O)OCCCC(CC)O[Si](OOC)(OOC)OOC. The Hall–Kier alpha value is -0.853. The van der Waals surface area contributed by atoms with Crippen molar-refractivity contribution in [3.63, 3.8) is 0 Å². The number of hydrogen-bond donors (Lipinski definition) is 0. The Morgan fingerprint density at radius 3 is 2.00 bits per heavy atom. The summed E-state index contributed by atoms with van der Waals surface area (Å²) in [4.78, 5) is 25.1. The van der Waals surface area contributed by atoms with Gasteiger partial charge in [-0.1, -0.05) is 13.5 Å². The van der Waals surface area contributed by atoms with Crippen LogP contribution in [-0.4, -0.2) is 49.1 Å². The van der Waals surface area contributed by atoms with E-state index in [0.717, 1.165) is 0 Å². The van der Waals surface area contributed by atoms with E-state index in [9.17, 15) is 4.79 Å². The lowest BCUT2D eigenvalue weighted by Gasteiger charge is -2.27. The minimum atomic E-state index is -3.77. The predicted octanol–water partition coefficient (Wildman–Crippen LogP) is 1.85. The van der Waals surface area contributed by atoms with E-state index in [1.54, 1.807) is 6.92 Å². The van der Waals surface area contributed by atoms with Gasteiger partial charge in [-0.05, 0) is 26.2 Å². The molecule has 1 atom stereocenters. The Morgan fingerprint density at radius 2 is 1.61 bits per heavy atom. The van der Waals surface area contributed by atoms with Gasteiger partial charge in [-0.25, -0.2) is 19.5 Å². The molecule has 0 bridgehead atoms. The van der Waals surface area contributed by atoms with Gasteiger partial charge in [-0.2, -0.15) is 13.7 Å². The highest BCUT2D eigenvalue weighted by atomic mass is 28.4. The van der Waals surface area contributed by atoms with Crippen LogP contribution in [0.15, 0.2) is 12.2 Å². The summed E-state index contributed by atoms with van der Waals surface area (Å²) in [5.41, 5.74) is 0.357. The van der Waals surface area contributed by atoms with E-state index in [2.05, 4.69) is 21.2 Å². The molecular weight excluding hydrogens is 328 g/mol. The van der Waals surface area contributed by atoms with Gasteiger partial charge >= 0.3 is 15.0 Å². The molecule has 0 heterocycles. The molecule has 0 fully saturated rings. The van der Waals surface area contributed by atoms with Crippen molar-refractivity contribution in [2.24, 2.45) is 0 Å². The standard InChI is InChI=1S/C13H26O9Si/c1-7-12(9-8-10-18-13(14)11(2)3)19-23(20-15-4,21-16-5)22-17-6/h12H,2,7-10H2,1,3-6H3. The number of rotatable bonds is 14. The van der Waals surface area contributed by atoms with Crippen LogP contribution >= 0.6 is 0 Å². The Kier molecular flexibility index (Phi) is 12.1. The highest BCUT2D eigenvalue weighted by Crippen LogP contribution is 2.19. The van der Waals surface area contributed by atoms with Crippen molar-refractivity contribution >= 4 is 15.0 Å². The molecule has 10 heteroatoms. The Bertz CT molecular complexity index is 333. The van der Waals surface area contributed by atoms with Crippen molar-refractivity contribution in [1.29, 1.82) is 0 Å². The average Bonchev–Trinajstić information content (AvgIpc) is 2.50. The fourth-order valence-electron chi connectivity index (χ4n) is 1.56. The molecule has 0 aliphatic rings. The van der Waals surface area contributed by atoms with Crippen molar-refractivity contribution < 1.29 is 42.4 Å². The summed E-state index contributed by atoms with van der Waals surface area (Å²) in [7, 11) is 0.0688. The molecule has 23 heavy (non-hydrogen) atoms. The lowest BCUT2D eigenvalue weighted by molar-refractivity contribution is -0.374. The van der Waals surface area contributed by atoms with Crippen LogP contribution in [0.5, 0.6) is 0 Å². The molecule has 0 spiro atoms. The Balaban J connectivity index is 4.49. The Labute approximate surface area is 137 Å². The van der Waals surface area contributed by atoms with Crippen molar-refractivity contribution in [2.75, 3.05) is 27.9 Å². The summed E-state index contributed by atoms with van der Waals surface area (Å²) in [6.07, 6.45) is 1.48. The maximum Gasteiger partial charge on any atom is 0.764 e. The summed E-state index contributed by atoms with van der Waals surface area (Å²) >= 11 is 0. The molecule has 0 saturated carbocycles. The van der Waals surface area contributed by atoms with Gasteiger partial charge in [-0.3, -0.25) is 0 Å². The molecule has 0 saturated heterocycles. The minimum absolute atomic E-state index is 0.252. The minimum Gasteiger partial charge on any atom is -0.462 e. The van der Waals surface area contributed by atoms with E-state index in [0.29, 0.717) is 24.8 Å². The molecule has 0 amide bonds. The first-order valence-corrected chi connectivity index (χ1v) is 8.73. The van der Waals surface area contributed by atoms with Crippen LogP contribution in [0.4, 0.5) is 0 Å². The fraction of sp³-hybridized carbons (Fsp3) is 0.769. The van der Waals surface area contributed by atoms with Crippen LogP contribution in [0.1, 0.15) is 33.1 Å². The first-order valence-electron chi connectivity index (χ1n) is 7.10. The predicted molar refractivity (Wildman–Crippen MR) is 80.2 cm³/mol. The van der Waals surface area contributed by atoms with Crippen LogP contribution in [-0.2, 0) is 42.4 Å². The summed E-state index contributed by atoms with van der Waals surface area (Å²) in [6.45, 7) is 7.26. The zero-order chi connectivity index (χ0) is 17.7. The molecule has 0 rings (SSSR count). The quantitative estimate of drug-likeness (QED) is 0.116. The lowest BCUT2D eigenvalue weighted by Crippen LogP contribution is -2.51. The molecule has 136 valence electrons. The fourth-order valence-corrected chi connectivity index (χ4v) is 3.06. The maximum absolute atomic E-state index is 11.3. The van der Waals surface area contributed by atoms with Gasteiger partial charge in [0.15, 0.2) is 0 Å². The highest BCUT2D eigenvalue weighted by molar-refractivity contribution is 6.52. The molecule has 1 unspecified atom stereocenters. The van der Waals surface area contributed by atoms with Crippen molar-refractivity contribution in [1.82, 2.24) is 0 Å². The normalized spacial score (nSPS) is 12.9. The smallest absolute Gasteiger partial charge is 0.462 e. The van der Waals surface area contributed by atoms with Crippen LogP contribution in [0.2, 0.25) is 0 Å². The molecule has 0 aromatic carbocycles. The number of esters is 1. The largest absolute Gasteiger partial charge is 0.764 e. The van der Waals surface area contributed by atoms with E-state index in [1.165, 1.54) is 21.3 Å². The van der Waals surface area contributed by atoms with Crippen LogP contribution in [0.25, 0.3) is 0 Å². The van der Waals surface area contributed by atoms with Gasteiger partial charge in [-0.15, -0.1) is 0 Å². The zero-order valence-corrected chi connectivity index (χ0v) is 15.3. The third-order valence-electron chi connectivity index (χ3n) is 2.57. The van der Waals surface area contributed by atoms with E-state index in [1.807, 2.05) is 6.92 Å². The van der Waals surface area contributed by atoms with E-state index < -0.39 is 15.0 Å². The Morgan fingerprint density at radius 1 is 1.09 bits per heavy atom. The topological polar surface area (TPSA) is 90.9 Å². The van der Waals surface area contributed by atoms with Crippen LogP contribution in [0.3, 0.4) is 0 Å². The monoisotopic (exact) mass is 354 g/mol. The molecule has 0 aliphatic carbocycles. The van der Waals surface area contributed by atoms with Gasteiger partial charge in [0, 0.05) is 5.57 Å². The lowest BCUT2D eigenvalue weighted by atomic mass is 10.1. The molecule has 9 nitrogen and oxygen atoms in total. The molecule has 0 aromatic heterocycles. The van der Waals surface area contributed by atoms with Gasteiger partial charge in [0.25, 0.3) is 0 Å². The van der Waals surface area contributed by atoms with E-state index in [4.69, 9.17) is 22.9 Å². The summed E-state index contributed by atoms with van der Waals surface area (Å²) in [6, 6.07) is 0. The highest BCUT2D eigenvalue weighted by Gasteiger charge is 2.53. The first-order chi connectivity index (χ1) is 10.9. The van der Waals surface area contributed by atoms with Gasteiger partial charge in [0.1, 0.15) is 0 Å². The molecule has 0 aromatic rings. The zero-order valence-electron chi connectivity index (χ0n) is 14.3. The van der Waals surface area contributed by atoms with Gasteiger partial charge in [0.05, 0.1) is 34.0 Å². The number of hydrogen-bond acceptors (Lipinski definition) is 9. The van der Waals surface area contributed by atoms with Gasteiger partial charge < -0.3 is 9.16 Å². The molecule has 0 N–H and O–H groups in total. The second-order valence-corrected chi connectivity index (χ2v) is 6.19. The summed E-state index contributed by atoms with van der Waals surface area (Å²) in [5, 5.41) is 0. The first kappa shape index (κ1) is 22.1. The maximum atomic E-state index is 11.3. The molecular formula is C13H26O9Si. The third kappa shape index (κ3) is 9.13. The van der Waals surface area contributed by atoms with Crippen LogP contribution in [0, 0.1) is 0 Å². The van der Waals surface area contributed by atoms with E-state index >= 15 is 0 Å². The van der Waals surface area contributed by atoms with E-state index in [-0.39, 0.29) is 12.7 Å². The van der Waals surface area contributed by atoms with Gasteiger partial charge in [0.2, 0.25) is 0 Å². The molecule has 0 radical (unpaired) electrons. The summed E-state index contributed by atoms with van der Waals surface area (Å²) in [5.74, 6) is -0.421. The van der Waals surface area contributed by atoms with Crippen LogP contribution < -0.4 is 0 Å². The number of ether oxygens (including phenoxy) is 1.